The molecule has 1 atom stereocenters. The van der Waals surface area contributed by atoms with Crippen LogP contribution in [0.25, 0.3) is 28.2 Å². The van der Waals surface area contributed by atoms with Crippen LogP contribution < -0.4 is 10.5 Å². The molecule has 1 aromatic carbocycles. The molecule has 4 aromatic rings. The van der Waals surface area contributed by atoms with Gasteiger partial charge in [-0.1, -0.05) is 12.1 Å². The second-order valence-electron chi connectivity index (χ2n) is 7.39. The Morgan fingerprint density at radius 1 is 1.19 bits per heavy atom. The van der Waals surface area contributed by atoms with E-state index in [0.29, 0.717) is 34.0 Å². The quantitative estimate of drug-likeness (QED) is 0.504. The van der Waals surface area contributed by atoms with Crippen molar-refractivity contribution in [3.8, 4) is 28.4 Å². The molecule has 31 heavy (non-hydrogen) atoms. The summed E-state index contributed by atoms with van der Waals surface area (Å²) in [5.41, 5.74) is 7.66. The lowest BCUT2D eigenvalue weighted by Gasteiger charge is -2.23. The van der Waals surface area contributed by atoms with Gasteiger partial charge < -0.3 is 15.6 Å². The summed E-state index contributed by atoms with van der Waals surface area (Å²) in [7, 11) is 1.51. The minimum atomic E-state index is -2.94. The molecule has 160 valence electrons. The number of aliphatic hydroxyl groups is 1. The Bertz CT molecular complexity index is 1270. The third-order valence-corrected chi connectivity index (χ3v) is 5.28. The van der Waals surface area contributed by atoms with Gasteiger partial charge in [0.25, 0.3) is 6.43 Å². The molecular formula is C22H21F2N5O2. The summed E-state index contributed by atoms with van der Waals surface area (Å²) in [6.45, 7) is 2.94. The van der Waals surface area contributed by atoms with Gasteiger partial charge in [-0.3, -0.25) is 4.40 Å². The van der Waals surface area contributed by atoms with E-state index in [1.165, 1.54) is 13.2 Å². The predicted octanol–water partition coefficient (Wildman–Crippen LogP) is 3.83. The Hall–Kier alpha value is -3.59. The van der Waals surface area contributed by atoms with Crippen LogP contribution in [-0.4, -0.2) is 38.0 Å². The van der Waals surface area contributed by atoms with Gasteiger partial charge in [-0.15, -0.1) is 0 Å². The normalized spacial score (nSPS) is 13.5. The molecule has 4 rings (SSSR count). The lowest BCUT2D eigenvalue weighted by molar-refractivity contribution is -0.0883. The number of hydrogen-bond donors (Lipinski definition) is 2. The van der Waals surface area contributed by atoms with Crippen molar-refractivity contribution in [3.05, 3.63) is 60.0 Å². The highest BCUT2D eigenvalue weighted by Gasteiger charge is 2.34. The maximum Gasteiger partial charge on any atom is 0.270 e. The molecule has 0 fully saturated rings. The van der Waals surface area contributed by atoms with Gasteiger partial charge in [0, 0.05) is 18.0 Å². The molecule has 0 saturated heterocycles. The van der Waals surface area contributed by atoms with E-state index in [2.05, 4.69) is 15.0 Å². The number of benzene rings is 1. The molecule has 3 aromatic heterocycles. The smallest absolute Gasteiger partial charge is 0.270 e. The molecule has 0 bridgehead atoms. The third kappa shape index (κ3) is 3.46. The van der Waals surface area contributed by atoms with Crippen molar-refractivity contribution < 1.29 is 18.6 Å². The van der Waals surface area contributed by atoms with E-state index in [-0.39, 0.29) is 11.4 Å². The largest absolute Gasteiger partial charge is 0.481 e. The van der Waals surface area contributed by atoms with E-state index in [1.54, 1.807) is 41.2 Å². The Morgan fingerprint density at radius 2 is 1.97 bits per heavy atom. The molecule has 0 aliphatic rings. The fourth-order valence-corrected chi connectivity index (χ4v) is 3.43. The third-order valence-electron chi connectivity index (χ3n) is 5.28. The van der Waals surface area contributed by atoms with Crippen molar-refractivity contribution in [3.63, 3.8) is 0 Å². The topological polar surface area (TPSA) is 98.6 Å². The summed E-state index contributed by atoms with van der Waals surface area (Å²) in [6.07, 6.45) is 2.01. The van der Waals surface area contributed by atoms with E-state index >= 15 is 0 Å². The Kier molecular flexibility index (Phi) is 5.06. The molecule has 0 radical (unpaired) electrons. The number of anilines is 1. The van der Waals surface area contributed by atoms with Crippen LogP contribution in [0.1, 0.15) is 18.1 Å². The molecular weight excluding hydrogens is 404 g/mol. The van der Waals surface area contributed by atoms with Crippen molar-refractivity contribution in [2.24, 2.45) is 0 Å². The number of halogens is 2. The van der Waals surface area contributed by atoms with Crippen LogP contribution >= 0.6 is 0 Å². The Labute approximate surface area is 177 Å². The number of aromatic nitrogens is 4. The molecule has 3 N–H and O–H groups in total. The van der Waals surface area contributed by atoms with Crippen LogP contribution in [-0.2, 0) is 5.60 Å². The van der Waals surface area contributed by atoms with Crippen LogP contribution in [0.5, 0.6) is 5.88 Å². The highest BCUT2D eigenvalue weighted by atomic mass is 19.3. The van der Waals surface area contributed by atoms with Gasteiger partial charge in [0.05, 0.1) is 30.3 Å². The lowest BCUT2D eigenvalue weighted by atomic mass is 9.92. The van der Waals surface area contributed by atoms with Gasteiger partial charge >= 0.3 is 0 Å². The molecule has 0 spiro atoms. The van der Waals surface area contributed by atoms with Gasteiger partial charge in [-0.25, -0.2) is 23.7 Å². The van der Waals surface area contributed by atoms with Gasteiger partial charge in [0.15, 0.2) is 11.5 Å². The number of aryl methyl sites for hydroxylation is 1. The van der Waals surface area contributed by atoms with E-state index in [0.717, 1.165) is 12.5 Å². The number of nitrogens with two attached hydrogens (primary N) is 1. The molecule has 0 aliphatic heterocycles. The number of hydrogen-bond acceptors (Lipinski definition) is 6. The number of fused-ring (bicyclic) bond motifs is 1. The molecule has 0 saturated carbocycles. The zero-order valence-electron chi connectivity index (χ0n) is 17.2. The van der Waals surface area contributed by atoms with Crippen molar-refractivity contribution in [2.75, 3.05) is 12.8 Å². The SMILES string of the molecule is COc1ncccc1-c1cn2c(-c3cc(C(C)(O)C(F)F)ccc3C)cnc2c(N)n1. The van der Waals surface area contributed by atoms with Crippen LogP contribution in [0.2, 0.25) is 0 Å². The van der Waals surface area contributed by atoms with Crippen LogP contribution in [0.4, 0.5) is 14.6 Å². The van der Waals surface area contributed by atoms with Gasteiger partial charge in [-0.2, -0.15) is 0 Å². The maximum absolute atomic E-state index is 13.4. The summed E-state index contributed by atoms with van der Waals surface area (Å²) in [4.78, 5) is 13.0. The van der Waals surface area contributed by atoms with Crippen LogP contribution in [0, 0.1) is 6.92 Å². The fraction of sp³-hybridized carbons (Fsp3) is 0.227. The number of methoxy groups -OCH3 is 1. The highest BCUT2D eigenvalue weighted by molar-refractivity contribution is 5.75. The van der Waals surface area contributed by atoms with Crippen LogP contribution in [0.15, 0.2) is 48.9 Å². The molecule has 1 unspecified atom stereocenters. The number of imidazole rings is 1. The predicted molar refractivity (Wildman–Crippen MR) is 113 cm³/mol. The van der Waals surface area contributed by atoms with E-state index in [4.69, 9.17) is 10.5 Å². The average Bonchev–Trinajstić information content (AvgIpc) is 3.18. The average molecular weight is 425 g/mol. The number of ether oxygens (including phenoxy) is 1. The number of pyridine rings is 1. The van der Waals surface area contributed by atoms with E-state index in [9.17, 15) is 13.9 Å². The first-order valence-corrected chi connectivity index (χ1v) is 9.49. The van der Waals surface area contributed by atoms with E-state index < -0.39 is 12.0 Å². The summed E-state index contributed by atoms with van der Waals surface area (Å²) >= 11 is 0. The molecule has 7 nitrogen and oxygen atoms in total. The summed E-state index contributed by atoms with van der Waals surface area (Å²) < 4.78 is 33.8. The van der Waals surface area contributed by atoms with Gasteiger partial charge in [-0.05, 0) is 43.2 Å². The zero-order valence-corrected chi connectivity index (χ0v) is 17.2. The lowest BCUT2D eigenvalue weighted by Crippen LogP contribution is -2.30. The maximum atomic E-state index is 13.4. The number of rotatable bonds is 5. The molecule has 0 amide bonds. The van der Waals surface area contributed by atoms with Crippen molar-refractivity contribution in [1.82, 2.24) is 19.4 Å². The van der Waals surface area contributed by atoms with Crippen molar-refractivity contribution >= 4 is 11.5 Å². The number of nitrogens with zero attached hydrogens (tertiary/aromatic N) is 4. The van der Waals surface area contributed by atoms with E-state index in [1.807, 2.05) is 13.0 Å². The number of alkyl halides is 2. The summed E-state index contributed by atoms with van der Waals surface area (Å²) in [5, 5.41) is 10.3. The zero-order chi connectivity index (χ0) is 22.3. The second kappa shape index (κ2) is 7.59. The summed E-state index contributed by atoms with van der Waals surface area (Å²) in [5.74, 6) is 0.588. The molecule has 9 heteroatoms. The van der Waals surface area contributed by atoms with Gasteiger partial charge in [0.2, 0.25) is 5.88 Å². The number of nitrogen functional groups attached to an aromatic ring is 1. The Morgan fingerprint density at radius 3 is 2.68 bits per heavy atom. The highest BCUT2D eigenvalue weighted by Crippen LogP contribution is 2.34. The van der Waals surface area contributed by atoms with Crippen molar-refractivity contribution in [2.45, 2.75) is 25.9 Å². The molecule has 0 aliphatic carbocycles. The first-order valence-electron chi connectivity index (χ1n) is 9.49. The standard InChI is InChI=1S/C22H21F2N5O2/c1-12-6-7-13(22(2,30)21(23)24)9-15(12)17-10-27-19-18(25)28-16(11-29(17)19)14-5-4-8-26-20(14)31-3/h4-11,21,30H,1-3H3,(H2,25,28). The Balaban J connectivity index is 1.93. The monoisotopic (exact) mass is 425 g/mol. The van der Waals surface area contributed by atoms with Gasteiger partial charge in [0.1, 0.15) is 5.60 Å². The molecule has 3 heterocycles. The first-order chi connectivity index (χ1) is 14.7. The second-order valence-corrected chi connectivity index (χ2v) is 7.39. The first kappa shape index (κ1) is 20.7. The van der Waals surface area contributed by atoms with Crippen molar-refractivity contribution in [1.29, 1.82) is 0 Å². The summed E-state index contributed by atoms with van der Waals surface area (Å²) in [6, 6.07) is 8.30. The fourth-order valence-electron chi connectivity index (χ4n) is 3.43. The minimum absolute atomic E-state index is 0.106. The van der Waals surface area contributed by atoms with Crippen LogP contribution in [0.3, 0.4) is 0 Å². The minimum Gasteiger partial charge on any atom is -0.481 e.